The molecule has 0 rings (SSSR count). The highest BCUT2D eigenvalue weighted by Gasteiger charge is 2.09. The third-order valence-corrected chi connectivity index (χ3v) is 1.49. The lowest BCUT2D eigenvalue weighted by Crippen LogP contribution is -2.13. The maximum Gasteiger partial charge on any atom is 0.0811 e. The minimum atomic E-state index is 0.219. The molecule has 0 N–H and O–H groups in total. The van der Waals surface area contributed by atoms with Crippen molar-refractivity contribution in [2.24, 2.45) is 5.92 Å². The third kappa shape index (κ3) is 2.53. The van der Waals surface area contributed by atoms with Crippen LogP contribution in [0.15, 0.2) is 0 Å². The van der Waals surface area contributed by atoms with E-state index in [1.807, 2.05) is 0 Å². The second-order valence-corrected chi connectivity index (χ2v) is 2.46. The fraction of sp³-hybridized carbons (Fsp3) is 1.00. The number of hydrogen-bond acceptors (Lipinski definition) is 1. The van der Waals surface area contributed by atoms with Gasteiger partial charge in [-0.2, -0.15) is 0 Å². The molecule has 0 fully saturated rings. The molecule has 0 aromatic heterocycles. The smallest absolute Gasteiger partial charge is 0.0811 e. The topological polar surface area (TPSA) is 9.23 Å². The van der Waals surface area contributed by atoms with Crippen LogP contribution in [0.5, 0.6) is 0 Å². The van der Waals surface area contributed by atoms with E-state index in [4.69, 9.17) is 11.9 Å². The summed E-state index contributed by atoms with van der Waals surface area (Å²) in [6.07, 6.45) is 1.21. The molecule has 0 saturated heterocycles. The van der Waals surface area contributed by atoms with Gasteiger partial charge in [-0.15, -0.1) is 0 Å². The predicted molar refractivity (Wildman–Crippen MR) is 35.9 cm³/mol. The van der Waals surface area contributed by atoms with Crippen molar-refractivity contribution in [2.45, 2.75) is 33.3 Å². The van der Waals surface area contributed by atoms with Gasteiger partial charge >= 0.3 is 0 Å². The first-order chi connectivity index (χ1) is 3.72. The van der Waals surface area contributed by atoms with Crippen molar-refractivity contribution in [1.29, 1.82) is 0 Å². The van der Waals surface area contributed by atoms with Crippen molar-refractivity contribution >= 4 is 11.9 Å². The van der Waals surface area contributed by atoms with Gasteiger partial charge in [0.1, 0.15) is 0 Å². The van der Waals surface area contributed by atoms with Crippen molar-refractivity contribution in [1.82, 2.24) is 0 Å². The Kier molecular flexibility index (Phi) is 4.29. The molecule has 0 amide bonds. The Balaban J connectivity index is 3.35. The molecule has 0 aliphatic rings. The average Bonchev–Trinajstić information content (AvgIpc) is 1.69. The molecule has 1 atom stereocenters. The van der Waals surface area contributed by atoms with Crippen molar-refractivity contribution in [2.75, 3.05) is 0 Å². The Labute approximate surface area is 56.2 Å². The summed E-state index contributed by atoms with van der Waals surface area (Å²) in [6, 6.07) is 0. The van der Waals surface area contributed by atoms with E-state index in [-0.39, 0.29) is 6.10 Å². The summed E-state index contributed by atoms with van der Waals surface area (Å²) >= 11 is 5.16. The lowest BCUT2D eigenvalue weighted by atomic mass is 10.1. The third-order valence-electron chi connectivity index (χ3n) is 1.26. The van der Waals surface area contributed by atoms with Crippen LogP contribution in [0, 0.1) is 5.92 Å². The highest BCUT2D eigenvalue weighted by Crippen LogP contribution is 2.10. The van der Waals surface area contributed by atoms with Crippen molar-refractivity contribution in [3.63, 3.8) is 0 Å². The van der Waals surface area contributed by atoms with Gasteiger partial charge in [-0.25, -0.2) is 0 Å². The maximum absolute atomic E-state index is 5.16. The standard InChI is InChI=1S/C6H13ClO/c1-4-6(8-7)5(2)3/h5-6H,4H2,1-3H3. The first-order valence-electron chi connectivity index (χ1n) is 2.99. The summed E-state index contributed by atoms with van der Waals surface area (Å²) in [5.41, 5.74) is 0. The SMILES string of the molecule is CCC(OCl)C(C)C. The Morgan fingerprint density at radius 2 is 2.00 bits per heavy atom. The molecule has 0 saturated carbocycles. The van der Waals surface area contributed by atoms with Crippen LogP contribution >= 0.6 is 11.9 Å². The molecule has 2 heteroatoms. The summed E-state index contributed by atoms with van der Waals surface area (Å²) in [4.78, 5) is 0. The minimum Gasteiger partial charge on any atom is -0.276 e. The Bertz CT molecular complexity index is 50.5. The van der Waals surface area contributed by atoms with Crippen LogP contribution in [0.4, 0.5) is 0 Å². The van der Waals surface area contributed by atoms with Gasteiger partial charge in [-0.05, 0) is 12.3 Å². The molecule has 0 radical (unpaired) electrons. The van der Waals surface area contributed by atoms with Gasteiger partial charge in [-0.3, -0.25) is 4.29 Å². The predicted octanol–water partition coefficient (Wildman–Crippen LogP) is 2.59. The van der Waals surface area contributed by atoms with Gasteiger partial charge < -0.3 is 0 Å². The van der Waals surface area contributed by atoms with Gasteiger partial charge in [0.05, 0.1) is 18.0 Å². The molecule has 0 aromatic carbocycles. The van der Waals surface area contributed by atoms with Crippen molar-refractivity contribution < 1.29 is 4.29 Å². The van der Waals surface area contributed by atoms with E-state index in [0.29, 0.717) is 5.92 Å². The van der Waals surface area contributed by atoms with E-state index >= 15 is 0 Å². The van der Waals surface area contributed by atoms with Crippen LogP contribution in [-0.4, -0.2) is 6.10 Å². The number of rotatable bonds is 3. The molecule has 8 heavy (non-hydrogen) atoms. The summed E-state index contributed by atoms with van der Waals surface area (Å²) in [5, 5.41) is 0. The molecule has 50 valence electrons. The zero-order valence-electron chi connectivity index (χ0n) is 5.65. The van der Waals surface area contributed by atoms with E-state index in [9.17, 15) is 0 Å². The Hall–Kier alpha value is 0.250. The molecule has 0 aliphatic carbocycles. The van der Waals surface area contributed by atoms with E-state index in [2.05, 4.69) is 25.1 Å². The molecule has 0 spiro atoms. The fourth-order valence-corrected chi connectivity index (χ4v) is 0.969. The molecule has 0 aliphatic heterocycles. The van der Waals surface area contributed by atoms with Crippen LogP contribution < -0.4 is 0 Å². The Morgan fingerprint density at radius 1 is 1.50 bits per heavy atom. The summed E-state index contributed by atoms with van der Waals surface area (Å²) in [7, 11) is 0. The fourth-order valence-electron chi connectivity index (χ4n) is 0.637. The highest BCUT2D eigenvalue weighted by atomic mass is 35.5. The number of halogens is 1. The van der Waals surface area contributed by atoms with Gasteiger partial charge in [0.15, 0.2) is 0 Å². The van der Waals surface area contributed by atoms with Gasteiger partial charge in [0.2, 0.25) is 0 Å². The monoisotopic (exact) mass is 136 g/mol. The van der Waals surface area contributed by atoms with Crippen LogP contribution in [0.3, 0.4) is 0 Å². The zero-order valence-corrected chi connectivity index (χ0v) is 6.40. The van der Waals surface area contributed by atoms with E-state index < -0.39 is 0 Å². The molecule has 0 bridgehead atoms. The summed E-state index contributed by atoms with van der Waals surface area (Å²) < 4.78 is 4.63. The average molecular weight is 137 g/mol. The first kappa shape index (κ1) is 8.25. The molecule has 0 aromatic rings. The second-order valence-electron chi connectivity index (χ2n) is 2.28. The highest BCUT2D eigenvalue weighted by molar-refractivity contribution is 6.07. The van der Waals surface area contributed by atoms with Crippen LogP contribution in [-0.2, 0) is 4.29 Å². The first-order valence-corrected chi connectivity index (χ1v) is 3.30. The molecule has 1 unspecified atom stereocenters. The van der Waals surface area contributed by atoms with Crippen LogP contribution in [0.25, 0.3) is 0 Å². The van der Waals surface area contributed by atoms with Crippen LogP contribution in [0.2, 0.25) is 0 Å². The normalized spacial score (nSPS) is 14.6. The molecular formula is C6H13ClO. The van der Waals surface area contributed by atoms with E-state index in [0.717, 1.165) is 6.42 Å². The maximum atomic E-state index is 5.16. The molecule has 1 nitrogen and oxygen atoms in total. The molecular weight excluding hydrogens is 124 g/mol. The van der Waals surface area contributed by atoms with Gasteiger partial charge in [0.25, 0.3) is 0 Å². The quantitative estimate of drug-likeness (QED) is 0.580. The largest absolute Gasteiger partial charge is 0.276 e. The van der Waals surface area contributed by atoms with E-state index in [1.54, 1.807) is 0 Å². The van der Waals surface area contributed by atoms with Crippen molar-refractivity contribution in [3.05, 3.63) is 0 Å². The number of hydrogen-bond donors (Lipinski definition) is 0. The lowest BCUT2D eigenvalue weighted by Gasteiger charge is -2.13. The van der Waals surface area contributed by atoms with Crippen LogP contribution in [0.1, 0.15) is 27.2 Å². The Morgan fingerprint density at radius 3 is 2.00 bits per heavy atom. The summed E-state index contributed by atoms with van der Waals surface area (Å²) in [5.74, 6) is 0.525. The van der Waals surface area contributed by atoms with Gasteiger partial charge in [0, 0.05) is 0 Å². The van der Waals surface area contributed by atoms with Gasteiger partial charge in [-0.1, -0.05) is 20.8 Å². The zero-order chi connectivity index (χ0) is 6.57. The second kappa shape index (κ2) is 4.16. The van der Waals surface area contributed by atoms with Crippen molar-refractivity contribution in [3.8, 4) is 0 Å². The minimum absolute atomic E-state index is 0.219. The molecule has 0 heterocycles. The lowest BCUT2D eigenvalue weighted by molar-refractivity contribution is 0.163. The summed E-state index contributed by atoms with van der Waals surface area (Å²) in [6.45, 7) is 6.25. The van der Waals surface area contributed by atoms with E-state index in [1.165, 1.54) is 0 Å².